The third kappa shape index (κ3) is 3.09. The summed E-state index contributed by atoms with van der Waals surface area (Å²) in [6.45, 7) is 3.07. The monoisotopic (exact) mass is 313 g/mol. The molecule has 3 nitrogen and oxygen atoms in total. The Morgan fingerprint density at radius 1 is 1.00 bits per heavy atom. The van der Waals surface area contributed by atoms with Crippen LogP contribution in [0.15, 0.2) is 48.8 Å². The minimum Gasteiger partial charge on any atom is -0.334 e. The maximum atomic E-state index is 4.77. The highest BCUT2D eigenvalue weighted by Gasteiger charge is 2.12. The average molecular weight is 313 g/mol. The van der Waals surface area contributed by atoms with Gasteiger partial charge in [0.2, 0.25) is 0 Å². The first kappa shape index (κ1) is 14.7. The Balaban J connectivity index is 1.56. The highest BCUT2D eigenvalue weighted by atomic mass is 15.1. The van der Waals surface area contributed by atoms with Gasteiger partial charge in [0.1, 0.15) is 5.82 Å². The third-order valence-corrected chi connectivity index (χ3v) is 4.34. The molecular weight excluding hydrogens is 294 g/mol. The number of fused-ring (bicyclic) bond motifs is 1. The molecule has 0 amide bonds. The van der Waals surface area contributed by atoms with E-state index in [-0.39, 0.29) is 0 Å². The highest BCUT2D eigenvalue weighted by molar-refractivity contribution is 5.60. The molecule has 118 valence electrons. The van der Waals surface area contributed by atoms with Crippen LogP contribution in [0.25, 0.3) is 11.3 Å². The summed E-state index contributed by atoms with van der Waals surface area (Å²) in [5.74, 6) is 7.62. The molecule has 1 aliphatic heterocycles. The molecule has 1 aliphatic rings. The van der Waals surface area contributed by atoms with E-state index in [4.69, 9.17) is 4.98 Å². The molecule has 1 aromatic carbocycles. The molecule has 0 unspecified atom stereocenters. The Labute approximate surface area is 142 Å². The van der Waals surface area contributed by atoms with Gasteiger partial charge in [-0.05, 0) is 44.0 Å². The van der Waals surface area contributed by atoms with Crippen molar-refractivity contribution in [3.05, 3.63) is 71.4 Å². The molecule has 0 radical (unpaired) electrons. The summed E-state index contributed by atoms with van der Waals surface area (Å²) in [5, 5.41) is 0. The molecular formula is C21H19N3. The number of rotatable bonds is 1. The number of aromatic nitrogens is 3. The van der Waals surface area contributed by atoms with Crippen LogP contribution in [-0.4, -0.2) is 14.5 Å². The van der Waals surface area contributed by atoms with E-state index in [0.717, 1.165) is 41.0 Å². The standard InChI is InChI=1S/C21H19N3/c1-16-14-18(11-12-22-16)6-5-17-7-9-19(10-8-17)20-15-24-13-3-2-4-21(24)23-20/h7-12,14-15H,2-4,13H2,1H3. The Morgan fingerprint density at radius 3 is 2.62 bits per heavy atom. The van der Waals surface area contributed by atoms with Crippen molar-refractivity contribution >= 4 is 0 Å². The quantitative estimate of drug-likeness (QED) is 0.636. The molecule has 0 N–H and O–H groups in total. The zero-order valence-corrected chi connectivity index (χ0v) is 13.8. The first-order valence-corrected chi connectivity index (χ1v) is 8.39. The molecule has 0 bridgehead atoms. The van der Waals surface area contributed by atoms with Gasteiger partial charge in [0.25, 0.3) is 0 Å². The summed E-state index contributed by atoms with van der Waals surface area (Å²) < 4.78 is 2.29. The molecule has 24 heavy (non-hydrogen) atoms. The van der Waals surface area contributed by atoms with Crippen molar-refractivity contribution in [1.82, 2.24) is 14.5 Å². The van der Waals surface area contributed by atoms with Crippen LogP contribution in [0.5, 0.6) is 0 Å². The minimum absolute atomic E-state index is 0.987. The summed E-state index contributed by atoms with van der Waals surface area (Å²) in [6, 6.07) is 12.3. The van der Waals surface area contributed by atoms with Gasteiger partial charge in [0.15, 0.2) is 0 Å². The predicted octanol–water partition coefficient (Wildman–Crippen LogP) is 3.99. The number of hydrogen-bond donors (Lipinski definition) is 0. The molecule has 0 saturated heterocycles. The Morgan fingerprint density at radius 2 is 1.83 bits per heavy atom. The molecule has 0 fully saturated rings. The van der Waals surface area contributed by atoms with Crippen LogP contribution in [0, 0.1) is 18.8 Å². The fourth-order valence-corrected chi connectivity index (χ4v) is 3.04. The normalized spacial score (nSPS) is 13.0. The highest BCUT2D eigenvalue weighted by Crippen LogP contribution is 2.22. The summed E-state index contributed by atoms with van der Waals surface area (Å²) in [7, 11) is 0. The molecule has 0 spiro atoms. The Bertz CT molecular complexity index is 900. The topological polar surface area (TPSA) is 30.7 Å². The van der Waals surface area contributed by atoms with Crippen LogP contribution in [0.2, 0.25) is 0 Å². The van der Waals surface area contributed by atoms with E-state index in [1.807, 2.05) is 19.1 Å². The smallest absolute Gasteiger partial charge is 0.109 e. The second kappa shape index (κ2) is 6.33. The number of pyridine rings is 1. The van der Waals surface area contributed by atoms with E-state index in [2.05, 4.69) is 51.9 Å². The first-order valence-electron chi connectivity index (χ1n) is 8.39. The van der Waals surface area contributed by atoms with Gasteiger partial charge in [-0.1, -0.05) is 24.0 Å². The second-order valence-electron chi connectivity index (χ2n) is 6.21. The molecule has 0 saturated carbocycles. The van der Waals surface area contributed by atoms with Gasteiger partial charge >= 0.3 is 0 Å². The van der Waals surface area contributed by atoms with Crippen molar-refractivity contribution < 1.29 is 0 Å². The Kier molecular flexibility index (Phi) is 3.88. The molecule has 3 aromatic rings. The van der Waals surface area contributed by atoms with Crippen LogP contribution in [0.3, 0.4) is 0 Å². The van der Waals surface area contributed by atoms with Crippen LogP contribution in [-0.2, 0) is 13.0 Å². The van der Waals surface area contributed by atoms with Crippen molar-refractivity contribution in [3.63, 3.8) is 0 Å². The molecule has 0 atom stereocenters. The first-order chi connectivity index (χ1) is 11.8. The number of aryl methyl sites for hydroxylation is 3. The average Bonchev–Trinajstić information content (AvgIpc) is 3.05. The van der Waals surface area contributed by atoms with Gasteiger partial charge in [-0.15, -0.1) is 0 Å². The second-order valence-corrected chi connectivity index (χ2v) is 6.21. The van der Waals surface area contributed by atoms with Gasteiger partial charge < -0.3 is 4.57 Å². The maximum Gasteiger partial charge on any atom is 0.109 e. The van der Waals surface area contributed by atoms with E-state index in [9.17, 15) is 0 Å². The number of benzene rings is 1. The van der Waals surface area contributed by atoms with Crippen LogP contribution in [0.1, 0.15) is 35.5 Å². The number of hydrogen-bond acceptors (Lipinski definition) is 2. The summed E-state index contributed by atoms with van der Waals surface area (Å²) in [6.07, 6.45) is 7.57. The van der Waals surface area contributed by atoms with E-state index in [1.165, 1.54) is 18.7 Å². The largest absolute Gasteiger partial charge is 0.334 e. The van der Waals surface area contributed by atoms with E-state index in [1.54, 1.807) is 6.20 Å². The van der Waals surface area contributed by atoms with Gasteiger partial charge in [-0.3, -0.25) is 4.98 Å². The summed E-state index contributed by atoms with van der Waals surface area (Å²) >= 11 is 0. The predicted molar refractivity (Wildman–Crippen MR) is 95.6 cm³/mol. The van der Waals surface area contributed by atoms with Crippen molar-refractivity contribution in [1.29, 1.82) is 0 Å². The molecule has 3 heterocycles. The zero-order valence-electron chi connectivity index (χ0n) is 13.8. The van der Waals surface area contributed by atoms with E-state index in [0.29, 0.717) is 0 Å². The lowest BCUT2D eigenvalue weighted by molar-refractivity contribution is 0.522. The zero-order chi connectivity index (χ0) is 16.4. The summed E-state index contributed by atoms with van der Waals surface area (Å²) in [4.78, 5) is 8.96. The molecule has 0 aliphatic carbocycles. The Hall–Kier alpha value is -2.86. The number of nitrogens with zero attached hydrogens (tertiary/aromatic N) is 3. The lowest BCUT2D eigenvalue weighted by atomic mass is 10.1. The maximum absolute atomic E-state index is 4.77. The van der Waals surface area contributed by atoms with E-state index >= 15 is 0 Å². The summed E-state index contributed by atoms with van der Waals surface area (Å²) in [5.41, 5.74) is 5.21. The van der Waals surface area contributed by atoms with Gasteiger partial charge in [-0.25, -0.2) is 4.98 Å². The fraction of sp³-hybridized carbons (Fsp3) is 0.238. The van der Waals surface area contributed by atoms with Gasteiger partial charge in [0.05, 0.1) is 5.69 Å². The lowest BCUT2D eigenvalue weighted by Crippen LogP contribution is -2.08. The molecule has 2 aromatic heterocycles. The van der Waals surface area contributed by atoms with Crippen molar-refractivity contribution in [3.8, 4) is 23.1 Å². The third-order valence-electron chi connectivity index (χ3n) is 4.34. The van der Waals surface area contributed by atoms with E-state index < -0.39 is 0 Å². The van der Waals surface area contributed by atoms with Crippen LogP contribution < -0.4 is 0 Å². The lowest BCUT2D eigenvalue weighted by Gasteiger charge is -2.11. The van der Waals surface area contributed by atoms with Crippen molar-refractivity contribution in [2.24, 2.45) is 0 Å². The van der Waals surface area contributed by atoms with Crippen molar-refractivity contribution in [2.45, 2.75) is 32.7 Å². The SMILES string of the molecule is Cc1cc(C#Cc2ccc(-c3cn4c(n3)CCCC4)cc2)ccn1. The fourth-order valence-electron chi connectivity index (χ4n) is 3.04. The van der Waals surface area contributed by atoms with Gasteiger partial charge in [-0.2, -0.15) is 0 Å². The minimum atomic E-state index is 0.987. The van der Waals surface area contributed by atoms with Crippen LogP contribution >= 0.6 is 0 Å². The molecule has 3 heteroatoms. The van der Waals surface area contributed by atoms with Crippen molar-refractivity contribution in [2.75, 3.05) is 0 Å². The van der Waals surface area contributed by atoms with Gasteiger partial charge in [0, 0.05) is 47.7 Å². The molecule has 4 rings (SSSR count). The van der Waals surface area contributed by atoms with Crippen LogP contribution in [0.4, 0.5) is 0 Å². The number of imidazole rings is 1.